The SMILES string of the molecule is CN=C(NCc1ccccc1)NCc1csc(C(C)C)n1. The number of rotatable bonds is 5. The number of hydrogen-bond acceptors (Lipinski definition) is 3. The molecule has 0 amide bonds. The molecule has 2 rings (SSSR count). The Balaban J connectivity index is 1.82. The molecule has 0 spiro atoms. The lowest BCUT2D eigenvalue weighted by Gasteiger charge is -2.11. The van der Waals surface area contributed by atoms with Crippen molar-refractivity contribution in [3.05, 3.63) is 52.0 Å². The van der Waals surface area contributed by atoms with E-state index in [2.05, 4.69) is 52.0 Å². The van der Waals surface area contributed by atoms with E-state index in [-0.39, 0.29) is 0 Å². The summed E-state index contributed by atoms with van der Waals surface area (Å²) in [5, 5.41) is 9.87. The third-order valence-electron chi connectivity index (χ3n) is 3.03. The largest absolute Gasteiger partial charge is 0.352 e. The highest BCUT2D eigenvalue weighted by Crippen LogP contribution is 2.18. The molecule has 0 atom stereocenters. The van der Waals surface area contributed by atoms with Crippen LogP contribution in [0.25, 0.3) is 0 Å². The molecule has 2 N–H and O–H groups in total. The van der Waals surface area contributed by atoms with Crippen LogP contribution in [0.1, 0.15) is 36.0 Å². The smallest absolute Gasteiger partial charge is 0.191 e. The van der Waals surface area contributed by atoms with Crippen molar-refractivity contribution in [3.8, 4) is 0 Å². The molecule has 0 saturated carbocycles. The average Bonchev–Trinajstić information content (AvgIpc) is 2.98. The van der Waals surface area contributed by atoms with Gasteiger partial charge in [-0.2, -0.15) is 0 Å². The fraction of sp³-hybridized carbons (Fsp3) is 0.375. The van der Waals surface area contributed by atoms with Gasteiger partial charge >= 0.3 is 0 Å². The van der Waals surface area contributed by atoms with Gasteiger partial charge in [0.25, 0.3) is 0 Å². The minimum atomic E-state index is 0.485. The summed E-state index contributed by atoms with van der Waals surface area (Å²) in [6, 6.07) is 10.3. The molecule has 2 aromatic rings. The van der Waals surface area contributed by atoms with Crippen molar-refractivity contribution in [1.29, 1.82) is 0 Å². The summed E-state index contributed by atoms with van der Waals surface area (Å²) in [7, 11) is 1.78. The molecule has 5 heteroatoms. The van der Waals surface area contributed by atoms with E-state index in [1.54, 1.807) is 18.4 Å². The number of guanidine groups is 1. The summed E-state index contributed by atoms with van der Waals surface area (Å²) < 4.78 is 0. The van der Waals surface area contributed by atoms with E-state index < -0.39 is 0 Å². The highest BCUT2D eigenvalue weighted by molar-refractivity contribution is 7.09. The zero-order chi connectivity index (χ0) is 15.1. The number of thiazole rings is 1. The molecule has 1 aromatic heterocycles. The molecular weight excluding hydrogens is 280 g/mol. The molecule has 0 aliphatic heterocycles. The van der Waals surface area contributed by atoms with Gasteiger partial charge < -0.3 is 10.6 Å². The van der Waals surface area contributed by atoms with Crippen molar-refractivity contribution in [3.63, 3.8) is 0 Å². The molecule has 0 aliphatic rings. The molecule has 0 fully saturated rings. The minimum absolute atomic E-state index is 0.485. The fourth-order valence-corrected chi connectivity index (χ4v) is 2.68. The van der Waals surface area contributed by atoms with Crippen LogP contribution >= 0.6 is 11.3 Å². The summed E-state index contributed by atoms with van der Waals surface area (Å²) in [4.78, 5) is 8.84. The number of hydrogen-bond donors (Lipinski definition) is 2. The predicted octanol–water partition coefficient (Wildman–Crippen LogP) is 3.13. The lowest BCUT2D eigenvalue weighted by atomic mass is 10.2. The highest BCUT2D eigenvalue weighted by atomic mass is 32.1. The molecule has 1 heterocycles. The molecule has 1 aromatic carbocycles. The number of aromatic nitrogens is 1. The average molecular weight is 302 g/mol. The fourth-order valence-electron chi connectivity index (χ4n) is 1.85. The van der Waals surface area contributed by atoms with E-state index in [9.17, 15) is 0 Å². The van der Waals surface area contributed by atoms with E-state index in [1.807, 2.05) is 18.2 Å². The standard InChI is InChI=1S/C16H22N4S/c1-12(2)15-20-14(11-21-15)10-19-16(17-3)18-9-13-7-5-4-6-8-13/h4-8,11-12H,9-10H2,1-3H3,(H2,17,18,19). The van der Waals surface area contributed by atoms with E-state index in [0.717, 1.165) is 18.2 Å². The summed E-state index contributed by atoms with van der Waals surface area (Å²) in [5.74, 6) is 1.28. The third kappa shape index (κ3) is 4.86. The topological polar surface area (TPSA) is 49.3 Å². The second-order valence-corrected chi connectivity index (χ2v) is 5.99. The Labute approximate surface area is 130 Å². The van der Waals surface area contributed by atoms with Crippen LogP contribution in [0.15, 0.2) is 40.7 Å². The first-order valence-corrected chi connectivity index (χ1v) is 7.99. The molecule has 0 aliphatic carbocycles. The summed E-state index contributed by atoms with van der Waals surface area (Å²) >= 11 is 1.72. The lowest BCUT2D eigenvalue weighted by Crippen LogP contribution is -2.36. The van der Waals surface area contributed by atoms with Crippen LogP contribution < -0.4 is 10.6 Å². The Morgan fingerprint density at radius 1 is 1.19 bits per heavy atom. The number of benzene rings is 1. The first-order valence-electron chi connectivity index (χ1n) is 7.11. The zero-order valence-electron chi connectivity index (χ0n) is 12.8. The van der Waals surface area contributed by atoms with Crippen LogP contribution in [0.4, 0.5) is 0 Å². The third-order valence-corrected chi connectivity index (χ3v) is 4.22. The molecule has 112 valence electrons. The molecule has 0 unspecified atom stereocenters. The van der Waals surface area contributed by atoms with Gasteiger partial charge in [-0.25, -0.2) is 4.98 Å². The van der Waals surface area contributed by atoms with E-state index in [4.69, 9.17) is 0 Å². The number of aliphatic imine (C=N–C) groups is 1. The molecular formula is C16H22N4S. The van der Waals surface area contributed by atoms with Gasteiger partial charge in [-0.15, -0.1) is 11.3 Å². The second kappa shape index (κ2) is 7.78. The Kier molecular flexibility index (Phi) is 5.75. The Hall–Kier alpha value is -1.88. The Morgan fingerprint density at radius 3 is 2.52 bits per heavy atom. The minimum Gasteiger partial charge on any atom is -0.352 e. The van der Waals surface area contributed by atoms with Gasteiger partial charge in [-0.05, 0) is 5.56 Å². The lowest BCUT2D eigenvalue weighted by molar-refractivity contribution is 0.783. The van der Waals surface area contributed by atoms with Gasteiger partial charge in [0.1, 0.15) is 0 Å². The van der Waals surface area contributed by atoms with Crippen molar-refractivity contribution in [2.24, 2.45) is 4.99 Å². The maximum absolute atomic E-state index is 4.61. The van der Waals surface area contributed by atoms with Crippen LogP contribution in [0.2, 0.25) is 0 Å². The van der Waals surface area contributed by atoms with E-state index in [0.29, 0.717) is 12.5 Å². The van der Waals surface area contributed by atoms with Crippen LogP contribution in [-0.4, -0.2) is 18.0 Å². The van der Waals surface area contributed by atoms with Crippen molar-refractivity contribution >= 4 is 17.3 Å². The van der Waals surface area contributed by atoms with Crippen molar-refractivity contribution in [2.75, 3.05) is 7.05 Å². The molecule has 21 heavy (non-hydrogen) atoms. The van der Waals surface area contributed by atoms with Crippen LogP contribution in [0, 0.1) is 0 Å². The number of nitrogens with zero attached hydrogens (tertiary/aromatic N) is 2. The first-order chi connectivity index (χ1) is 10.2. The maximum Gasteiger partial charge on any atom is 0.191 e. The molecule has 0 saturated heterocycles. The van der Waals surface area contributed by atoms with E-state index in [1.165, 1.54) is 10.6 Å². The predicted molar refractivity (Wildman–Crippen MR) is 89.7 cm³/mol. The van der Waals surface area contributed by atoms with Crippen molar-refractivity contribution in [1.82, 2.24) is 15.6 Å². The van der Waals surface area contributed by atoms with E-state index >= 15 is 0 Å². The van der Waals surface area contributed by atoms with Crippen molar-refractivity contribution < 1.29 is 0 Å². The van der Waals surface area contributed by atoms with Crippen LogP contribution in [0.5, 0.6) is 0 Å². The summed E-state index contributed by atoms with van der Waals surface area (Å²) in [5.41, 5.74) is 2.29. The van der Waals surface area contributed by atoms with Gasteiger partial charge in [-0.1, -0.05) is 44.2 Å². The monoisotopic (exact) mass is 302 g/mol. The van der Waals surface area contributed by atoms with Crippen molar-refractivity contribution in [2.45, 2.75) is 32.9 Å². The van der Waals surface area contributed by atoms with Gasteiger partial charge in [-0.3, -0.25) is 4.99 Å². The maximum atomic E-state index is 4.61. The normalized spacial score (nSPS) is 11.7. The Bertz CT molecular complexity index is 575. The van der Waals surface area contributed by atoms with Crippen LogP contribution in [-0.2, 0) is 13.1 Å². The van der Waals surface area contributed by atoms with Gasteiger partial charge in [0.2, 0.25) is 0 Å². The number of nitrogens with one attached hydrogen (secondary N) is 2. The van der Waals surface area contributed by atoms with Crippen LogP contribution in [0.3, 0.4) is 0 Å². The van der Waals surface area contributed by atoms with Gasteiger partial charge in [0.05, 0.1) is 17.2 Å². The zero-order valence-corrected chi connectivity index (χ0v) is 13.6. The highest BCUT2D eigenvalue weighted by Gasteiger charge is 2.06. The molecule has 0 bridgehead atoms. The summed E-state index contributed by atoms with van der Waals surface area (Å²) in [6.45, 7) is 5.78. The quantitative estimate of drug-likeness (QED) is 0.659. The summed E-state index contributed by atoms with van der Waals surface area (Å²) in [6.07, 6.45) is 0. The molecule has 4 nitrogen and oxygen atoms in total. The van der Waals surface area contributed by atoms with Gasteiger partial charge in [0.15, 0.2) is 5.96 Å². The molecule has 0 radical (unpaired) electrons. The first kappa shape index (κ1) is 15.5. The second-order valence-electron chi connectivity index (χ2n) is 5.10. The Morgan fingerprint density at radius 2 is 1.90 bits per heavy atom. The van der Waals surface area contributed by atoms with Gasteiger partial charge in [0, 0.05) is 24.9 Å².